The fourth-order valence-corrected chi connectivity index (χ4v) is 2.31. The Balaban J connectivity index is 1.82. The van der Waals surface area contributed by atoms with Crippen LogP contribution in [0.4, 0.5) is 11.7 Å². The molecule has 1 aliphatic heterocycles. The van der Waals surface area contributed by atoms with Crippen molar-refractivity contribution in [1.29, 1.82) is 0 Å². The number of fused-ring (bicyclic) bond motifs is 1. The van der Waals surface area contributed by atoms with Crippen LogP contribution >= 0.6 is 0 Å². The molecule has 6 nitrogen and oxygen atoms in total. The number of nitrogens with two attached hydrogens (primary N) is 1. The zero-order valence-electron chi connectivity index (χ0n) is 10.8. The first-order valence-corrected chi connectivity index (χ1v) is 6.30. The highest BCUT2D eigenvalue weighted by Gasteiger charge is 2.22. The van der Waals surface area contributed by atoms with E-state index in [1.807, 2.05) is 28.0 Å². The summed E-state index contributed by atoms with van der Waals surface area (Å²) in [6.07, 6.45) is 0. The first-order chi connectivity index (χ1) is 9.15. The third-order valence-corrected chi connectivity index (χ3v) is 3.43. The maximum absolute atomic E-state index is 11.3. The number of oxazole rings is 1. The molecular weight excluding hydrogens is 244 g/mol. The van der Waals surface area contributed by atoms with E-state index in [1.165, 1.54) is 0 Å². The molecule has 0 saturated carbocycles. The van der Waals surface area contributed by atoms with E-state index in [-0.39, 0.29) is 5.91 Å². The third kappa shape index (κ3) is 2.09. The van der Waals surface area contributed by atoms with Crippen LogP contribution in [0, 0.1) is 0 Å². The van der Waals surface area contributed by atoms with Gasteiger partial charge in [-0.2, -0.15) is 4.98 Å². The number of nitrogens with zero attached hydrogens (tertiary/aromatic N) is 3. The highest BCUT2D eigenvalue weighted by molar-refractivity contribution is 5.86. The normalized spacial score (nSPS) is 16.1. The number of amides is 1. The number of rotatable bonds is 1. The fourth-order valence-electron chi connectivity index (χ4n) is 2.31. The number of carbonyl (C=O) groups is 1. The Morgan fingerprint density at radius 2 is 2.05 bits per heavy atom. The molecule has 100 valence electrons. The second kappa shape index (κ2) is 4.46. The zero-order chi connectivity index (χ0) is 13.4. The zero-order valence-corrected chi connectivity index (χ0v) is 10.8. The highest BCUT2D eigenvalue weighted by Crippen LogP contribution is 2.26. The smallest absolute Gasteiger partial charge is 0.298 e. The topological polar surface area (TPSA) is 75.6 Å². The van der Waals surface area contributed by atoms with Crippen molar-refractivity contribution in [3.8, 4) is 0 Å². The molecule has 3 rings (SSSR count). The standard InChI is InChI=1S/C13H16N4O2/c1-9(18)16-5-7-17(8-6-16)13-15-12-10(14)3-2-4-11(12)19-13/h2-4H,5-8,14H2,1H3. The van der Waals surface area contributed by atoms with Gasteiger partial charge in [-0.1, -0.05) is 6.07 Å². The number of hydrogen-bond donors (Lipinski definition) is 1. The van der Waals surface area contributed by atoms with Crippen LogP contribution in [0.25, 0.3) is 11.1 Å². The van der Waals surface area contributed by atoms with E-state index < -0.39 is 0 Å². The molecule has 1 fully saturated rings. The van der Waals surface area contributed by atoms with Gasteiger partial charge in [0.15, 0.2) is 5.58 Å². The lowest BCUT2D eigenvalue weighted by Crippen LogP contribution is -2.48. The largest absolute Gasteiger partial charge is 0.423 e. The van der Waals surface area contributed by atoms with Crippen LogP contribution in [0.2, 0.25) is 0 Å². The molecule has 1 aromatic carbocycles. The van der Waals surface area contributed by atoms with Gasteiger partial charge in [0, 0.05) is 33.1 Å². The Hall–Kier alpha value is -2.24. The van der Waals surface area contributed by atoms with Crippen LogP contribution in [-0.4, -0.2) is 42.0 Å². The van der Waals surface area contributed by atoms with E-state index in [0.717, 1.165) is 13.1 Å². The Morgan fingerprint density at radius 3 is 2.68 bits per heavy atom. The summed E-state index contributed by atoms with van der Waals surface area (Å²) >= 11 is 0. The summed E-state index contributed by atoms with van der Waals surface area (Å²) in [5.41, 5.74) is 7.89. The molecule has 0 aliphatic carbocycles. The van der Waals surface area contributed by atoms with E-state index in [9.17, 15) is 4.79 Å². The van der Waals surface area contributed by atoms with E-state index in [4.69, 9.17) is 10.2 Å². The number of nitrogen functional groups attached to an aromatic ring is 1. The van der Waals surface area contributed by atoms with Gasteiger partial charge >= 0.3 is 0 Å². The molecule has 1 aromatic heterocycles. The number of anilines is 2. The summed E-state index contributed by atoms with van der Waals surface area (Å²) in [5.74, 6) is 0.112. The van der Waals surface area contributed by atoms with Gasteiger partial charge in [0.05, 0.1) is 5.69 Å². The molecule has 0 unspecified atom stereocenters. The Labute approximate surface area is 110 Å². The molecule has 19 heavy (non-hydrogen) atoms. The quantitative estimate of drug-likeness (QED) is 0.776. The minimum atomic E-state index is 0.112. The number of aromatic nitrogens is 1. The van der Waals surface area contributed by atoms with Gasteiger partial charge in [-0.15, -0.1) is 0 Å². The van der Waals surface area contributed by atoms with Gasteiger partial charge in [-0.25, -0.2) is 0 Å². The first kappa shape index (κ1) is 11.8. The molecule has 2 heterocycles. The van der Waals surface area contributed by atoms with Crippen molar-refractivity contribution in [3.63, 3.8) is 0 Å². The summed E-state index contributed by atoms with van der Waals surface area (Å²) in [7, 11) is 0. The minimum absolute atomic E-state index is 0.112. The van der Waals surface area contributed by atoms with E-state index in [1.54, 1.807) is 6.92 Å². The second-order valence-electron chi connectivity index (χ2n) is 4.68. The molecule has 1 aliphatic rings. The van der Waals surface area contributed by atoms with E-state index >= 15 is 0 Å². The van der Waals surface area contributed by atoms with Gasteiger partial charge in [-0.05, 0) is 12.1 Å². The number of benzene rings is 1. The van der Waals surface area contributed by atoms with Crippen molar-refractivity contribution in [2.75, 3.05) is 36.8 Å². The second-order valence-corrected chi connectivity index (χ2v) is 4.68. The van der Waals surface area contributed by atoms with Gasteiger partial charge in [0.2, 0.25) is 5.91 Å². The number of piperazine rings is 1. The lowest BCUT2D eigenvalue weighted by molar-refractivity contribution is -0.129. The number of hydrogen-bond acceptors (Lipinski definition) is 5. The van der Waals surface area contributed by atoms with Crippen molar-refractivity contribution in [1.82, 2.24) is 9.88 Å². The van der Waals surface area contributed by atoms with Crippen LogP contribution in [0.3, 0.4) is 0 Å². The van der Waals surface area contributed by atoms with Gasteiger partial charge in [0.1, 0.15) is 5.52 Å². The Morgan fingerprint density at radius 1 is 1.32 bits per heavy atom. The average Bonchev–Trinajstić information content (AvgIpc) is 2.84. The minimum Gasteiger partial charge on any atom is -0.423 e. The van der Waals surface area contributed by atoms with Gasteiger partial charge < -0.3 is 20.0 Å². The Bertz CT molecular complexity index is 614. The Kier molecular flexibility index (Phi) is 2.77. The van der Waals surface area contributed by atoms with Crippen LogP contribution < -0.4 is 10.6 Å². The van der Waals surface area contributed by atoms with Crippen molar-refractivity contribution in [2.45, 2.75) is 6.92 Å². The highest BCUT2D eigenvalue weighted by atomic mass is 16.4. The average molecular weight is 260 g/mol. The van der Waals surface area contributed by atoms with Gasteiger partial charge in [-0.3, -0.25) is 4.79 Å². The molecule has 0 spiro atoms. The molecular formula is C13H16N4O2. The van der Waals surface area contributed by atoms with Crippen molar-refractivity contribution in [2.24, 2.45) is 0 Å². The molecule has 2 N–H and O–H groups in total. The molecule has 0 radical (unpaired) electrons. The lowest BCUT2D eigenvalue weighted by Gasteiger charge is -2.33. The molecule has 1 amide bonds. The predicted molar refractivity (Wildman–Crippen MR) is 72.9 cm³/mol. The van der Waals surface area contributed by atoms with Crippen LogP contribution in [0.15, 0.2) is 22.6 Å². The molecule has 1 saturated heterocycles. The maximum atomic E-state index is 11.3. The van der Waals surface area contributed by atoms with Gasteiger partial charge in [0.25, 0.3) is 6.01 Å². The van der Waals surface area contributed by atoms with Crippen LogP contribution in [0.1, 0.15) is 6.92 Å². The third-order valence-electron chi connectivity index (χ3n) is 3.43. The number of para-hydroxylation sites is 1. The lowest BCUT2D eigenvalue weighted by atomic mass is 10.3. The molecule has 6 heteroatoms. The summed E-state index contributed by atoms with van der Waals surface area (Å²) < 4.78 is 5.72. The van der Waals surface area contributed by atoms with Crippen LogP contribution in [0.5, 0.6) is 0 Å². The fraction of sp³-hybridized carbons (Fsp3) is 0.385. The monoisotopic (exact) mass is 260 g/mol. The first-order valence-electron chi connectivity index (χ1n) is 6.30. The molecule has 0 bridgehead atoms. The van der Waals surface area contributed by atoms with Crippen molar-refractivity contribution < 1.29 is 9.21 Å². The maximum Gasteiger partial charge on any atom is 0.298 e. The summed E-state index contributed by atoms with van der Waals surface area (Å²) in [5, 5.41) is 0. The van der Waals surface area contributed by atoms with Crippen molar-refractivity contribution in [3.05, 3.63) is 18.2 Å². The van der Waals surface area contributed by atoms with E-state index in [0.29, 0.717) is 35.9 Å². The summed E-state index contributed by atoms with van der Waals surface area (Å²) in [6, 6.07) is 6.09. The summed E-state index contributed by atoms with van der Waals surface area (Å²) in [6.45, 7) is 4.45. The summed E-state index contributed by atoms with van der Waals surface area (Å²) in [4.78, 5) is 19.6. The molecule has 0 atom stereocenters. The molecule has 2 aromatic rings. The van der Waals surface area contributed by atoms with Crippen molar-refractivity contribution >= 4 is 28.7 Å². The van der Waals surface area contributed by atoms with E-state index in [2.05, 4.69) is 4.98 Å². The number of carbonyl (C=O) groups excluding carboxylic acids is 1. The SMILES string of the molecule is CC(=O)N1CCN(c2nc3c(N)cccc3o2)CC1. The van der Waals surface area contributed by atoms with Crippen LogP contribution in [-0.2, 0) is 4.79 Å². The predicted octanol–water partition coefficient (Wildman–Crippen LogP) is 1.08.